The maximum atomic E-state index is 12.0. The Hall–Kier alpha value is -1.60. The van der Waals surface area contributed by atoms with Crippen LogP contribution in [0.15, 0.2) is 28.6 Å². The molecule has 1 atom stereocenters. The lowest BCUT2D eigenvalue weighted by Crippen LogP contribution is -2.13. The summed E-state index contributed by atoms with van der Waals surface area (Å²) in [6, 6.07) is 8.07. The molecule has 2 rings (SSSR count). The van der Waals surface area contributed by atoms with Gasteiger partial charge in [-0.25, -0.2) is 0 Å². The van der Waals surface area contributed by atoms with Crippen LogP contribution < -0.4 is 10.6 Å². The smallest absolute Gasteiger partial charge is 0.234 e. The molecule has 1 heterocycles. The van der Waals surface area contributed by atoms with E-state index in [2.05, 4.69) is 53.7 Å². The molecule has 1 aromatic carbocycles. The van der Waals surface area contributed by atoms with Crippen molar-refractivity contribution in [1.82, 2.24) is 10.2 Å². The van der Waals surface area contributed by atoms with E-state index in [1.54, 1.807) is 0 Å². The van der Waals surface area contributed by atoms with Crippen LogP contribution in [0.3, 0.4) is 0 Å². The number of amides is 1. The number of anilines is 2. The fourth-order valence-electron chi connectivity index (χ4n) is 2.03. The van der Waals surface area contributed by atoms with Crippen LogP contribution in [-0.4, -0.2) is 28.4 Å². The van der Waals surface area contributed by atoms with E-state index in [4.69, 9.17) is 0 Å². The van der Waals surface area contributed by atoms with Crippen molar-refractivity contribution in [2.24, 2.45) is 0 Å². The van der Waals surface area contributed by atoms with Gasteiger partial charge in [0.15, 0.2) is 4.34 Å². The fourth-order valence-corrected chi connectivity index (χ4v) is 3.60. The van der Waals surface area contributed by atoms with E-state index in [-0.39, 0.29) is 5.91 Å². The first kappa shape index (κ1) is 18.7. The van der Waals surface area contributed by atoms with E-state index >= 15 is 0 Å². The molecule has 130 valence electrons. The van der Waals surface area contributed by atoms with Gasteiger partial charge in [0.05, 0.1) is 5.75 Å². The van der Waals surface area contributed by atoms with Gasteiger partial charge in [0.2, 0.25) is 11.0 Å². The number of hydrogen-bond donors (Lipinski definition) is 2. The lowest BCUT2D eigenvalue weighted by molar-refractivity contribution is -0.113. The summed E-state index contributed by atoms with van der Waals surface area (Å²) in [4.78, 5) is 12.0. The van der Waals surface area contributed by atoms with Crippen LogP contribution in [0.25, 0.3) is 0 Å². The molecule has 2 aromatic rings. The lowest BCUT2D eigenvalue weighted by atomic mass is 9.99. The van der Waals surface area contributed by atoms with Gasteiger partial charge < -0.3 is 10.6 Å². The third-order valence-electron chi connectivity index (χ3n) is 3.64. The fraction of sp³-hybridized carbons (Fsp3) is 0.471. The topological polar surface area (TPSA) is 66.9 Å². The van der Waals surface area contributed by atoms with Crippen molar-refractivity contribution in [3.05, 3.63) is 29.8 Å². The molecule has 1 amide bonds. The number of carbonyl (C=O) groups excluding carboxylic acids is 1. The van der Waals surface area contributed by atoms with Gasteiger partial charge >= 0.3 is 0 Å². The van der Waals surface area contributed by atoms with Crippen molar-refractivity contribution in [1.29, 1.82) is 0 Å². The zero-order valence-corrected chi connectivity index (χ0v) is 16.0. The number of carbonyl (C=O) groups is 1. The van der Waals surface area contributed by atoms with Crippen molar-refractivity contribution in [2.45, 2.75) is 43.9 Å². The number of benzene rings is 1. The van der Waals surface area contributed by atoms with Crippen LogP contribution in [0.2, 0.25) is 0 Å². The van der Waals surface area contributed by atoms with Gasteiger partial charge in [0.25, 0.3) is 0 Å². The van der Waals surface area contributed by atoms with Gasteiger partial charge in [-0.3, -0.25) is 4.79 Å². The predicted molar refractivity (Wildman–Crippen MR) is 103 cm³/mol. The highest BCUT2D eigenvalue weighted by molar-refractivity contribution is 8.01. The second-order valence-corrected chi connectivity index (χ2v) is 7.77. The van der Waals surface area contributed by atoms with Gasteiger partial charge in [-0.05, 0) is 36.5 Å². The normalized spacial score (nSPS) is 12.0. The predicted octanol–water partition coefficient (Wildman–Crippen LogP) is 4.60. The minimum absolute atomic E-state index is 0.0328. The van der Waals surface area contributed by atoms with E-state index in [0.29, 0.717) is 11.7 Å². The van der Waals surface area contributed by atoms with Crippen molar-refractivity contribution in [3.63, 3.8) is 0 Å². The molecule has 0 aliphatic carbocycles. The molecular weight excluding hydrogens is 340 g/mol. The zero-order valence-electron chi connectivity index (χ0n) is 14.3. The minimum atomic E-state index is -0.0328. The summed E-state index contributed by atoms with van der Waals surface area (Å²) in [5.74, 6) is 0.836. The van der Waals surface area contributed by atoms with E-state index in [0.717, 1.165) is 34.5 Å². The van der Waals surface area contributed by atoms with E-state index in [1.165, 1.54) is 28.7 Å². The van der Waals surface area contributed by atoms with Crippen molar-refractivity contribution >= 4 is 39.8 Å². The number of nitrogens with zero attached hydrogens (tertiary/aromatic N) is 2. The summed E-state index contributed by atoms with van der Waals surface area (Å²) in [6.45, 7) is 7.36. The van der Waals surface area contributed by atoms with Crippen LogP contribution >= 0.6 is 23.1 Å². The molecule has 5 nitrogen and oxygen atoms in total. The second kappa shape index (κ2) is 9.64. The quantitative estimate of drug-likeness (QED) is 0.636. The summed E-state index contributed by atoms with van der Waals surface area (Å²) in [6.07, 6.45) is 2.15. The summed E-state index contributed by atoms with van der Waals surface area (Å²) >= 11 is 2.88. The van der Waals surface area contributed by atoms with Gasteiger partial charge in [-0.15, -0.1) is 10.2 Å². The average molecular weight is 365 g/mol. The summed E-state index contributed by atoms with van der Waals surface area (Å²) in [5, 5.41) is 15.0. The van der Waals surface area contributed by atoms with Crippen molar-refractivity contribution < 1.29 is 4.79 Å². The standard InChI is InChI=1S/C17H24N4OS2/c1-4-10-18-16-20-21-17(24-16)23-11-15(22)19-14-8-6-13(7-9-14)12(3)5-2/h6-9,12H,4-5,10-11H2,1-3H3,(H,18,20)(H,19,22)/t12-/m1/s1. The Bertz CT molecular complexity index is 642. The Morgan fingerprint density at radius 2 is 2.00 bits per heavy atom. The van der Waals surface area contributed by atoms with Crippen molar-refractivity contribution in [2.75, 3.05) is 22.9 Å². The maximum absolute atomic E-state index is 12.0. The number of aromatic nitrogens is 2. The van der Waals surface area contributed by atoms with Crippen LogP contribution in [0.4, 0.5) is 10.8 Å². The lowest BCUT2D eigenvalue weighted by Gasteiger charge is -2.10. The highest BCUT2D eigenvalue weighted by Gasteiger charge is 2.09. The van der Waals surface area contributed by atoms with E-state index < -0.39 is 0 Å². The number of nitrogens with one attached hydrogen (secondary N) is 2. The largest absolute Gasteiger partial charge is 0.360 e. The molecular formula is C17H24N4OS2. The molecule has 0 aliphatic heterocycles. The maximum Gasteiger partial charge on any atom is 0.234 e. The van der Waals surface area contributed by atoms with Crippen LogP contribution in [-0.2, 0) is 4.79 Å². The molecule has 7 heteroatoms. The number of hydrogen-bond acceptors (Lipinski definition) is 6. The minimum Gasteiger partial charge on any atom is -0.360 e. The van der Waals surface area contributed by atoms with E-state index in [9.17, 15) is 4.79 Å². The van der Waals surface area contributed by atoms with Crippen molar-refractivity contribution in [3.8, 4) is 0 Å². The van der Waals surface area contributed by atoms with Gasteiger partial charge in [-0.2, -0.15) is 0 Å². The summed E-state index contributed by atoms with van der Waals surface area (Å²) in [5.41, 5.74) is 2.13. The zero-order chi connectivity index (χ0) is 17.4. The average Bonchev–Trinajstić information content (AvgIpc) is 3.06. The Labute approximate surface area is 151 Å². The molecule has 0 saturated carbocycles. The molecule has 0 unspecified atom stereocenters. The molecule has 2 N–H and O–H groups in total. The second-order valence-electron chi connectivity index (χ2n) is 5.57. The monoisotopic (exact) mass is 364 g/mol. The molecule has 0 saturated heterocycles. The first-order chi connectivity index (χ1) is 11.6. The molecule has 0 bridgehead atoms. The molecule has 0 spiro atoms. The summed E-state index contributed by atoms with van der Waals surface area (Å²) < 4.78 is 0.802. The summed E-state index contributed by atoms with van der Waals surface area (Å²) in [7, 11) is 0. The molecule has 0 fully saturated rings. The SMILES string of the molecule is CCCNc1nnc(SCC(=O)Nc2ccc([C@H](C)CC)cc2)s1. The third kappa shape index (κ3) is 5.79. The van der Waals surface area contributed by atoms with E-state index in [1.807, 2.05) is 12.1 Å². The first-order valence-electron chi connectivity index (χ1n) is 8.22. The first-order valence-corrected chi connectivity index (χ1v) is 10.0. The van der Waals surface area contributed by atoms with Crippen LogP contribution in [0.5, 0.6) is 0 Å². The van der Waals surface area contributed by atoms with Gasteiger partial charge in [-0.1, -0.05) is 56.0 Å². The molecule has 24 heavy (non-hydrogen) atoms. The Morgan fingerprint density at radius 1 is 1.25 bits per heavy atom. The molecule has 0 aliphatic rings. The highest BCUT2D eigenvalue weighted by Crippen LogP contribution is 2.25. The van der Waals surface area contributed by atoms with Gasteiger partial charge in [0, 0.05) is 12.2 Å². The molecule has 1 aromatic heterocycles. The Morgan fingerprint density at radius 3 is 2.67 bits per heavy atom. The van der Waals surface area contributed by atoms with Crippen LogP contribution in [0, 0.1) is 0 Å². The Kier molecular flexibility index (Phi) is 7.52. The number of rotatable bonds is 9. The Balaban J connectivity index is 1.79. The van der Waals surface area contributed by atoms with Crippen LogP contribution in [0.1, 0.15) is 45.1 Å². The van der Waals surface area contributed by atoms with Gasteiger partial charge in [0.1, 0.15) is 0 Å². The highest BCUT2D eigenvalue weighted by atomic mass is 32.2. The number of thioether (sulfide) groups is 1. The molecule has 0 radical (unpaired) electrons. The third-order valence-corrected chi connectivity index (χ3v) is 5.65.